The Kier molecular flexibility index (Phi) is 5.26. The number of esters is 1. The normalized spacial score (nSPS) is 10.1. The molecular weight excluding hydrogens is 318 g/mol. The van der Waals surface area contributed by atoms with Crippen molar-refractivity contribution in [1.82, 2.24) is 4.98 Å². The third kappa shape index (κ3) is 4.14. The van der Waals surface area contributed by atoms with Gasteiger partial charge in [0.2, 0.25) is 0 Å². The van der Waals surface area contributed by atoms with Crippen LogP contribution in [0.25, 0.3) is 0 Å². The Labute approximate surface area is 145 Å². The van der Waals surface area contributed by atoms with Crippen LogP contribution in [0.15, 0.2) is 73.1 Å². The molecule has 0 saturated carbocycles. The van der Waals surface area contributed by atoms with E-state index in [4.69, 9.17) is 14.2 Å². The first-order valence-corrected chi connectivity index (χ1v) is 7.74. The summed E-state index contributed by atoms with van der Waals surface area (Å²) in [6.07, 6.45) is 3.30. The minimum atomic E-state index is -0.450. The van der Waals surface area contributed by atoms with Gasteiger partial charge in [0.15, 0.2) is 0 Å². The van der Waals surface area contributed by atoms with Gasteiger partial charge in [0.05, 0.1) is 13.3 Å². The van der Waals surface area contributed by atoms with Crippen molar-refractivity contribution in [2.24, 2.45) is 0 Å². The van der Waals surface area contributed by atoms with Crippen molar-refractivity contribution in [3.63, 3.8) is 0 Å². The Hall–Kier alpha value is -3.34. The Morgan fingerprint density at radius 1 is 0.960 bits per heavy atom. The van der Waals surface area contributed by atoms with Crippen LogP contribution in [0.4, 0.5) is 0 Å². The highest BCUT2D eigenvalue weighted by Crippen LogP contribution is 2.26. The number of rotatable bonds is 6. The maximum atomic E-state index is 12.3. The number of benzene rings is 2. The number of methoxy groups -OCH3 is 1. The van der Waals surface area contributed by atoms with Gasteiger partial charge in [-0.15, -0.1) is 0 Å². The zero-order chi connectivity index (χ0) is 17.5. The number of ether oxygens (including phenoxy) is 3. The lowest BCUT2D eigenvalue weighted by Gasteiger charge is -2.12. The molecule has 0 saturated heterocycles. The first-order chi connectivity index (χ1) is 12.3. The molecule has 1 heterocycles. The van der Waals surface area contributed by atoms with Gasteiger partial charge >= 0.3 is 5.97 Å². The van der Waals surface area contributed by atoms with Gasteiger partial charge in [-0.3, -0.25) is 4.98 Å². The summed E-state index contributed by atoms with van der Waals surface area (Å²) in [5.41, 5.74) is 1.14. The zero-order valence-electron chi connectivity index (χ0n) is 13.7. The van der Waals surface area contributed by atoms with Crippen molar-refractivity contribution < 1.29 is 19.0 Å². The van der Waals surface area contributed by atoms with E-state index in [0.717, 1.165) is 5.56 Å². The molecule has 0 radical (unpaired) electrons. The van der Waals surface area contributed by atoms with Gasteiger partial charge in [-0.1, -0.05) is 30.3 Å². The Bertz CT molecular complexity index is 849. The molecule has 0 amide bonds. The minimum Gasteiger partial charge on any atom is -0.496 e. The summed E-state index contributed by atoms with van der Waals surface area (Å²) in [6, 6.07) is 17.9. The van der Waals surface area contributed by atoms with Crippen molar-refractivity contribution in [3.8, 4) is 17.2 Å². The average Bonchev–Trinajstić information content (AvgIpc) is 2.68. The third-order valence-electron chi connectivity index (χ3n) is 3.52. The lowest BCUT2D eigenvalue weighted by Crippen LogP contribution is -2.07. The molecule has 1 aromatic heterocycles. The summed E-state index contributed by atoms with van der Waals surface area (Å²) in [4.78, 5) is 16.3. The maximum Gasteiger partial charge on any atom is 0.342 e. The molecule has 0 atom stereocenters. The van der Waals surface area contributed by atoms with Gasteiger partial charge in [0, 0.05) is 11.8 Å². The van der Waals surface area contributed by atoms with E-state index in [0.29, 0.717) is 22.8 Å². The number of hydrogen-bond acceptors (Lipinski definition) is 5. The monoisotopic (exact) mass is 335 g/mol. The fourth-order valence-electron chi connectivity index (χ4n) is 2.29. The number of nitrogens with zero attached hydrogens (tertiary/aromatic N) is 1. The lowest BCUT2D eigenvalue weighted by atomic mass is 10.2. The molecule has 0 aliphatic rings. The van der Waals surface area contributed by atoms with Crippen molar-refractivity contribution in [2.75, 3.05) is 7.11 Å². The fraction of sp³-hybridized carbons (Fsp3) is 0.100. The van der Waals surface area contributed by atoms with Gasteiger partial charge in [-0.05, 0) is 30.3 Å². The number of pyridine rings is 1. The third-order valence-corrected chi connectivity index (χ3v) is 3.52. The smallest absolute Gasteiger partial charge is 0.342 e. The van der Waals surface area contributed by atoms with Crippen molar-refractivity contribution in [2.45, 2.75) is 6.61 Å². The quantitative estimate of drug-likeness (QED) is 0.631. The van der Waals surface area contributed by atoms with Crippen molar-refractivity contribution in [3.05, 3.63) is 84.2 Å². The summed E-state index contributed by atoms with van der Waals surface area (Å²) in [5, 5.41) is 0. The van der Waals surface area contributed by atoms with Crippen LogP contribution in [0.3, 0.4) is 0 Å². The summed E-state index contributed by atoms with van der Waals surface area (Å²) in [5.74, 6) is 1.26. The summed E-state index contributed by atoms with van der Waals surface area (Å²) in [6.45, 7) is 0.0906. The molecular formula is C20H17NO4. The molecule has 3 aromatic rings. The number of carbonyl (C=O) groups is 1. The molecule has 126 valence electrons. The second-order valence-corrected chi connectivity index (χ2v) is 5.17. The molecule has 5 heteroatoms. The molecule has 0 N–H and O–H groups in total. The van der Waals surface area contributed by atoms with Crippen LogP contribution in [0.2, 0.25) is 0 Å². The molecule has 0 aliphatic carbocycles. The number of hydrogen-bond donors (Lipinski definition) is 0. The second-order valence-electron chi connectivity index (χ2n) is 5.17. The highest BCUT2D eigenvalue weighted by atomic mass is 16.5. The number of carbonyl (C=O) groups excluding carboxylic acids is 1. The van der Waals surface area contributed by atoms with Gasteiger partial charge < -0.3 is 14.2 Å². The summed E-state index contributed by atoms with van der Waals surface area (Å²) in [7, 11) is 1.52. The van der Waals surface area contributed by atoms with Gasteiger partial charge in [0.25, 0.3) is 0 Å². The predicted octanol–water partition coefficient (Wildman–Crippen LogP) is 4.24. The average molecular weight is 335 g/mol. The molecule has 0 aliphatic heterocycles. The van der Waals surface area contributed by atoms with E-state index in [1.165, 1.54) is 7.11 Å². The van der Waals surface area contributed by atoms with Crippen LogP contribution >= 0.6 is 0 Å². The maximum absolute atomic E-state index is 12.3. The zero-order valence-corrected chi connectivity index (χ0v) is 13.7. The van der Waals surface area contributed by atoms with Crippen LogP contribution in [0, 0.1) is 0 Å². The van der Waals surface area contributed by atoms with Crippen LogP contribution < -0.4 is 9.47 Å². The Morgan fingerprint density at radius 2 is 1.72 bits per heavy atom. The van der Waals surface area contributed by atoms with Crippen molar-refractivity contribution >= 4 is 5.97 Å². The topological polar surface area (TPSA) is 57.7 Å². The SMILES string of the molecule is COc1ccccc1C(=O)OCc1ccccc1Oc1cccnc1. The lowest BCUT2D eigenvalue weighted by molar-refractivity contribution is 0.0467. The highest BCUT2D eigenvalue weighted by Gasteiger charge is 2.14. The summed E-state index contributed by atoms with van der Waals surface area (Å²) >= 11 is 0. The Morgan fingerprint density at radius 3 is 2.48 bits per heavy atom. The first kappa shape index (κ1) is 16.5. The van der Waals surface area contributed by atoms with E-state index >= 15 is 0 Å². The van der Waals surface area contributed by atoms with E-state index in [1.54, 1.807) is 42.7 Å². The van der Waals surface area contributed by atoms with Crippen molar-refractivity contribution in [1.29, 1.82) is 0 Å². The molecule has 0 spiro atoms. The molecule has 0 bridgehead atoms. The minimum absolute atomic E-state index is 0.0906. The van der Waals surface area contributed by atoms with E-state index in [-0.39, 0.29) is 6.61 Å². The predicted molar refractivity (Wildman–Crippen MR) is 92.9 cm³/mol. The van der Waals surface area contributed by atoms with Gasteiger partial charge in [0.1, 0.15) is 29.4 Å². The summed E-state index contributed by atoms with van der Waals surface area (Å²) < 4.78 is 16.4. The van der Waals surface area contributed by atoms with E-state index in [1.807, 2.05) is 30.3 Å². The first-order valence-electron chi connectivity index (χ1n) is 7.74. The van der Waals surface area contributed by atoms with Crippen LogP contribution in [0.5, 0.6) is 17.2 Å². The highest BCUT2D eigenvalue weighted by molar-refractivity contribution is 5.92. The van der Waals surface area contributed by atoms with Crippen LogP contribution in [-0.2, 0) is 11.3 Å². The van der Waals surface area contributed by atoms with E-state index < -0.39 is 5.97 Å². The van der Waals surface area contributed by atoms with Crippen LogP contribution in [-0.4, -0.2) is 18.1 Å². The fourth-order valence-corrected chi connectivity index (χ4v) is 2.29. The van der Waals surface area contributed by atoms with Gasteiger partial charge in [-0.2, -0.15) is 0 Å². The molecule has 25 heavy (non-hydrogen) atoms. The standard InChI is InChI=1S/C20H17NO4/c1-23-19-11-5-3-9-17(19)20(22)24-14-15-7-2-4-10-18(15)25-16-8-6-12-21-13-16/h2-13H,14H2,1H3. The number of aromatic nitrogens is 1. The van der Waals surface area contributed by atoms with E-state index in [2.05, 4.69) is 4.98 Å². The van der Waals surface area contributed by atoms with Gasteiger partial charge in [-0.25, -0.2) is 4.79 Å². The Balaban J connectivity index is 1.72. The molecule has 0 fully saturated rings. The molecule has 3 rings (SSSR count). The molecule has 0 unspecified atom stereocenters. The molecule has 2 aromatic carbocycles. The number of para-hydroxylation sites is 2. The largest absolute Gasteiger partial charge is 0.496 e. The van der Waals surface area contributed by atoms with E-state index in [9.17, 15) is 4.79 Å². The van der Waals surface area contributed by atoms with Crippen LogP contribution in [0.1, 0.15) is 15.9 Å². The second kappa shape index (κ2) is 7.97. The molecule has 5 nitrogen and oxygen atoms in total.